The van der Waals surface area contributed by atoms with Gasteiger partial charge < -0.3 is 9.84 Å². The number of carbonyl (C=O) groups excluding carboxylic acids is 1. The fraction of sp³-hybridized carbons (Fsp3) is 0.188. The Morgan fingerprint density at radius 2 is 2.29 bits per heavy atom. The number of hydrogen-bond acceptors (Lipinski definition) is 6. The summed E-state index contributed by atoms with van der Waals surface area (Å²) < 4.78 is 5.19. The molecular weight excluding hydrogens is 366 g/mol. The van der Waals surface area contributed by atoms with E-state index in [4.69, 9.17) is 16.1 Å². The molecule has 0 saturated heterocycles. The number of anilines is 1. The van der Waals surface area contributed by atoms with Crippen LogP contribution >= 0.6 is 34.7 Å². The van der Waals surface area contributed by atoms with Crippen molar-refractivity contribution in [2.24, 2.45) is 0 Å². The minimum absolute atomic E-state index is 0.0995. The Hall–Kier alpha value is -1.83. The molecule has 0 unspecified atom stereocenters. The van der Waals surface area contributed by atoms with Gasteiger partial charge in [0.15, 0.2) is 0 Å². The molecule has 0 bridgehead atoms. The molecule has 24 heavy (non-hydrogen) atoms. The van der Waals surface area contributed by atoms with Crippen molar-refractivity contribution in [1.29, 1.82) is 0 Å². The van der Waals surface area contributed by atoms with Crippen molar-refractivity contribution in [2.45, 2.75) is 12.7 Å². The molecule has 0 aliphatic rings. The van der Waals surface area contributed by atoms with E-state index in [2.05, 4.69) is 15.5 Å². The minimum atomic E-state index is -0.0995. The number of carbonyl (C=O) groups is 1. The highest BCUT2D eigenvalue weighted by molar-refractivity contribution is 7.99. The Labute approximate surface area is 152 Å². The number of nitrogens with one attached hydrogen (secondary N) is 1. The third kappa shape index (κ3) is 4.37. The van der Waals surface area contributed by atoms with Crippen LogP contribution in [-0.2, 0) is 10.5 Å². The smallest absolute Gasteiger partial charge is 0.236 e. The molecule has 0 spiro atoms. The second-order valence-electron chi connectivity index (χ2n) is 5.03. The van der Waals surface area contributed by atoms with Crippen molar-refractivity contribution in [3.63, 3.8) is 0 Å². The van der Waals surface area contributed by atoms with E-state index in [1.54, 1.807) is 17.4 Å². The maximum absolute atomic E-state index is 12.0. The van der Waals surface area contributed by atoms with Crippen molar-refractivity contribution in [3.05, 3.63) is 51.5 Å². The molecule has 2 aromatic heterocycles. The molecule has 124 valence electrons. The van der Waals surface area contributed by atoms with Crippen LogP contribution in [0.1, 0.15) is 11.5 Å². The molecule has 0 radical (unpaired) electrons. The molecule has 0 aliphatic carbocycles. The first-order chi connectivity index (χ1) is 11.6. The van der Waals surface area contributed by atoms with Gasteiger partial charge in [-0.15, -0.1) is 11.8 Å². The van der Waals surface area contributed by atoms with Gasteiger partial charge in [-0.3, -0.25) is 4.79 Å². The molecule has 0 aliphatic heterocycles. The van der Waals surface area contributed by atoms with E-state index >= 15 is 0 Å². The van der Waals surface area contributed by atoms with Gasteiger partial charge in [-0.1, -0.05) is 22.8 Å². The van der Waals surface area contributed by atoms with Crippen molar-refractivity contribution < 1.29 is 9.32 Å². The molecule has 3 aromatic rings. The summed E-state index contributed by atoms with van der Waals surface area (Å²) in [6.07, 6.45) is 0. The summed E-state index contributed by atoms with van der Waals surface area (Å²) in [6, 6.07) is 7.38. The first-order valence-corrected chi connectivity index (χ1v) is 9.58. The van der Waals surface area contributed by atoms with Crippen LogP contribution in [0, 0.1) is 6.92 Å². The fourth-order valence-electron chi connectivity index (χ4n) is 1.92. The number of aromatic nitrogens is 2. The number of halogens is 1. The Morgan fingerprint density at radius 1 is 1.42 bits per heavy atom. The molecule has 5 nitrogen and oxygen atoms in total. The molecule has 1 aromatic carbocycles. The normalized spacial score (nSPS) is 10.8. The molecule has 3 rings (SSSR count). The van der Waals surface area contributed by atoms with Crippen LogP contribution in [0.3, 0.4) is 0 Å². The molecular formula is C16H14ClN3O2S2. The number of nitrogens with zero attached hydrogens (tertiary/aromatic N) is 2. The van der Waals surface area contributed by atoms with E-state index in [1.165, 1.54) is 11.8 Å². The highest BCUT2D eigenvalue weighted by atomic mass is 35.5. The Balaban J connectivity index is 1.47. The fourth-order valence-corrected chi connectivity index (χ4v) is 3.39. The maximum Gasteiger partial charge on any atom is 0.236 e. The standard InChI is InChI=1S/C16H14ClN3O2S2/c1-10-2-3-12(6-13(10)17)18-14(21)8-24-9-15-19-16(20-22-15)11-4-5-23-7-11/h2-7H,8-9H2,1H3,(H,18,21). The minimum Gasteiger partial charge on any atom is -0.338 e. The van der Waals surface area contributed by atoms with E-state index < -0.39 is 0 Å². The number of amides is 1. The maximum atomic E-state index is 12.0. The van der Waals surface area contributed by atoms with Crippen LogP contribution in [-0.4, -0.2) is 21.8 Å². The van der Waals surface area contributed by atoms with Crippen molar-refractivity contribution in [3.8, 4) is 11.4 Å². The summed E-state index contributed by atoms with van der Waals surface area (Å²) in [5, 5.41) is 11.3. The summed E-state index contributed by atoms with van der Waals surface area (Å²) in [4.78, 5) is 16.3. The molecule has 2 heterocycles. The van der Waals surface area contributed by atoms with Gasteiger partial charge in [0, 0.05) is 21.7 Å². The summed E-state index contributed by atoms with van der Waals surface area (Å²) >= 11 is 9.03. The predicted octanol–water partition coefficient (Wildman–Crippen LogP) is 4.63. The largest absolute Gasteiger partial charge is 0.338 e. The SMILES string of the molecule is Cc1ccc(NC(=O)CSCc2nc(-c3ccsc3)no2)cc1Cl. The quantitative estimate of drug-likeness (QED) is 0.676. The average molecular weight is 380 g/mol. The summed E-state index contributed by atoms with van der Waals surface area (Å²) in [6.45, 7) is 1.92. The highest BCUT2D eigenvalue weighted by Crippen LogP contribution is 2.22. The van der Waals surface area contributed by atoms with Gasteiger partial charge in [-0.2, -0.15) is 16.3 Å². The van der Waals surface area contributed by atoms with Gasteiger partial charge in [0.25, 0.3) is 0 Å². The third-order valence-corrected chi connectivity index (χ3v) is 5.17. The Bertz CT molecular complexity index is 834. The Kier molecular flexibility index (Phi) is 5.55. The first-order valence-electron chi connectivity index (χ1n) is 7.11. The molecule has 0 atom stereocenters. The number of thioether (sulfide) groups is 1. The molecule has 0 saturated carbocycles. The van der Waals surface area contributed by atoms with Crippen LogP contribution in [0.4, 0.5) is 5.69 Å². The lowest BCUT2D eigenvalue weighted by Crippen LogP contribution is -2.14. The average Bonchev–Trinajstić information content (AvgIpc) is 3.22. The molecule has 8 heteroatoms. The highest BCUT2D eigenvalue weighted by Gasteiger charge is 2.10. The van der Waals surface area contributed by atoms with Crippen molar-refractivity contribution in [2.75, 3.05) is 11.1 Å². The second-order valence-corrected chi connectivity index (χ2v) is 7.20. The van der Waals surface area contributed by atoms with Crippen molar-refractivity contribution in [1.82, 2.24) is 10.1 Å². The van der Waals surface area contributed by atoms with Crippen LogP contribution < -0.4 is 5.32 Å². The number of benzene rings is 1. The zero-order valence-corrected chi connectivity index (χ0v) is 15.2. The van der Waals surface area contributed by atoms with Gasteiger partial charge in [0.1, 0.15) is 0 Å². The molecule has 1 N–H and O–H groups in total. The predicted molar refractivity (Wildman–Crippen MR) is 98.6 cm³/mol. The lowest BCUT2D eigenvalue weighted by atomic mass is 10.2. The summed E-state index contributed by atoms with van der Waals surface area (Å²) in [5.41, 5.74) is 2.60. The van der Waals surface area contributed by atoms with Crippen LogP contribution in [0.25, 0.3) is 11.4 Å². The van der Waals surface area contributed by atoms with Gasteiger partial charge in [-0.25, -0.2) is 0 Å². The molecule has 1 amide bonds. The second kappa shape index (κ2) is 7.83. The monoisotopic (exact) mass is 379 g/mol. The van der Waals surface area contributed by atoms with Crippen LogP contribution in [0.15, 0.2) is 39.5 Å². The first kappa shape index (κ1) is 17.0. The summed E-state index contributed by atoms with van der Waals surface area (Å²) in [5.74, 6) is 1.76. The number of hydrogen-bond donors (Lipinski definition) is 1. The van der Waals surface area contributed by atoms with E-state index in [1.807, 2.05) is 35.9 Å². The zero-order valence-electron chi connectivity index (χ0n) is 12.8. The van der Waals surface area contributed by atoms with Crippen LogP contribution in [0.5, 0.6) is 0 Å². The van der Waals surface area contributed by atoms with Gasteiger partial charge in [0.2, 0.25) is 17.6 Å². The van der Waals surface area contributed by atoms with Crippen molar-refractivity contribution >= 4 is 46.3 Å². The third-order valence-electron chi connectivity index (χ3n) is 3.16. The molecule has 0 fully saturated rings. The van der Waals surface area contributed by atoms with E-state index in [0.717, 1.165) is 11.1 Å². The van der Waals surface area contributed by atoms with Gasteiger partial charge >= 0.3 is 0 Å². The summed E-state index contributed by atoms with van der Waals surface area (Å²) in [7, 11) is 0. The van der Waals surface area contributed by atoms with Gasteiger partial charge in [0.05, 0.1) is 11.5 Å². The Morgan fingerprint density at radius 3 is 3.04 bits per heavy atom. The number of thiophene rings is 1. The lowest BCUT2D eigenvalue weighted by Gasteiger charge is -2.06. The van der Waals surface area contributed by atoms with E-state index in [0.29, 0.717) is 33.9 Å². The van der Waals surface area contributed by atoms with Gasteiger partial charge in [-0.05, 0) is 36.1 Å². The van der Waals surface area contributed by atoms with E-state index in [9.17, 15) is 4.79 Å². The topological polar surface area (TPSA) is 68.0 Å². The van der Waals surface area contributed by atoms with Crippen LogP contribution in [0.2, 0.25) is 5.02 Å². The zero-order chi connectivity index (χ0) is 16.9. The lowest BCUT2D eigenvalue weighted by molar-refractivity contribution is -0.113. The number of aryl methyl sites for hydroxylation is 1. The van der Waals surface area contributed by atoms with E-state index in [-0.39, 0.29) is 5.91 Å². The number of rotatable bonds is 6.